The van der Waals surface area contributed by atoms with Gasteiger partial charge < -0.3 is 25.1 Å². The molecule has 26 heavy (non-hydrogen) atoms. The number of nitrogens with one attached hydrogen (secondary N) is 3. The summed E-state index contributed by atoms with van der Waals surface area (Å²) < 4.78 is 10.7. The van der Waals surface area contributed by atoms with Crippen LogP contribution in [0.1, 0.15) is 31.4 Å². The zero-order valence-corrected chi connectivity index (χ0v) is 16.2. The molecule has 0 bridgehead atoms. The fraction of sp³-hybridized carbons (Fsp3) is 0.526. The molecule has 0 radical (unpaired) electrons. The number of rotatable bonds is 7. The number of hydrogen-bond acceptors (Lipinski definition) is 4. The molecule has 1 amide bonds. The Kier molecular flexibility index (Phi) is 7.60. The third-order valence-corrected chi connectivity index (χ3v) is 4.73. The third-order valence-electron chi connectivity index (χ3n) is 4.73. The highest BCUT2D eigenvalue weighted by Gasteiger charge is 2.19. The second-order valence-corrected chi connectivity index (χ2v) is 6.48. The van der Waals surface area contributed by atoms with Gasteiger partial charge in [-0.1, -0.05) is 6.42 Å². The summed E-state index contributed by atoms with van der Waals surface area (Å²) >= 11 is 0. The number of halogens is 1. The van der Waals surface area contributed by atoms with Crippen molar-refractivity contribution in [2.45, 2.75) is 38.1 Å². The first-order valence-electron chi connectivity index (χ1n) is 8.96. The van der Waals surface area contributed by atoms with Gasteiger partial charge in [-0.25, -0.2) is 0 Å². The lowest BCUT2D eigenvalue weighted by molar-refractivity contribution is -0.123. The van der Waals surface area contributed by atoms with Crippen LogP contribution in [0.25, 0.3) is 10.9 Å². The first-order chi connectivity index (χ1) is 12.2. The Bertz CT molecular complexity index is 726. The van der Waals surface area contributed by atoms with E-state index >= 15 is 0 Å². The van der Waals surface area contributed by atoms with Crippen molar-refractivity contribution in [3.8, 4) is 11.5 Å². The summed E-state index contributed by atoms with van der Waals surface area (Å²) in [4.78, 5) is 15.5. The van der Waals surface area contributed by atoms with Crippen LogP contribution in [0.5, 0.6) is 11.5 Å². The molecule has 2 aromatic rings. The molecule has 1 aliphatic rings. The predicted octanol–water partition coefficient (Wildman–Crippen LogP) is 2.80. The molecular formula is C19H28ClN3O3. The molecule has 2 heterocycles. The second-order valence-electron chi connectivity index (χ2n) is 6.48. The van der Waals surface area contributed by atoms with Crippen molar-refractivity contribution in [1.29, 1.82) is 0 Å². The van der Waals surface area contributed by atoms with Crippen LogP contribution in [0.3, 0.4) is 0 Å². The number of H-pyrrole nitrogens is 1. The number of aryl methyl sites for hydroxylation is 1. The highest BCUT2D eigenvalue weighted by Crippen LogP contribution is 2.31. The normalized spacial score (nSPS) is 16.8. The molecule has 144 valence electrons. The first-order valence-corrected chi connectivity index (χ1v) is 8.96. The SMILES string of the molecule is COc1cc(OC)c2cc(CCCNC(=O)C3CCCCN3)[nH]c2c1.Cl. The van der Waals surface area contributed by atoms with Gasteiger partial charge in [0.25, 0.3) is 0 Å². The molecule has 0 aliphatic carbocycles. The summed E-state index contributed by atoms with van der Waals surface area (Å²) in [7, 11) is 3.31. The maximum absolute atomic E-state index is 12.1. The number of amides is 1. The lowest BCUT2D eigenvalue weighted by atomic mass is 10.0. The Balaban J connectivity index is 0.00000243. The quantitative estimate of drug-likeness (QED) is 0.645. The number of carbonyl (C=O) groups excluding carboxylic acids is 1. The Labute approximate surface area is 160 Å². The van der Waals surface area contributed by atoms with Crippen LogP contribution < -0.4 is 20.1 Å². The largest absolute Gasteiger partial charge is 0.497 e. The fourth-order valence-electron chi connectivity index (χ4n) is 3.35. The van der Waals surface area contributed by atoms with Crippen LogP contribution >= 0.6 is 12.4 Å². The van der Waals surface area contributed by atoms with Crippen LogP contribution in [-0.2, 0) is 11.2 Å². The minimum absolute atomic E-state index is 0. The molecule has 1 saturated heterocycles. The molecular weight excluding hydrogens is 354 g/mol. The Hall–Kier alpha value is -1.92. The summed E-state index contributed by atoms with van der Waals surface area (Å²) in [5.41, 5.74) is 2.13. The van der Waals surface area contributed by atoms with Crippen LogP contribution in [0.2, 0.25) is 0 Å². The number of aromatic amines is 1. The topological polar surface area (TPSA) is 75.4 Å². The van der Waals surface area contributed by atoms with Gasteiger partial charge in [-0.15, -0.1) is 12.4 Å². The molecule has 0 spiro atoms. The van der Waals surface area contributed by atoms with Gasteiger partial charge in [0.15, 0.2) is 0 Å². The van der Waals surface area contributed by atoms with E-state index in [1.54, 1.807) is 14.2 Å². The summed E-state index contributed by atoms with van der Waals surface area (Å²) in [6.45, 7) is 1.63. The zero-order valence-electron chi connectivity index (χ0n) is 15.4. The minimum Gasteiger partial charge on any atom is -0.497 e. The van der Waals surface area contributed by atoms with Gasteiger partial charge in [0.1, 0.15) is 11.5 Å². The number of piperidine rings is 1. The van der Waals surface area contributed by atoms with E-state index < -0.39 is 0 Å². The maximum Gasteiger partial charge on any atom is 0.237 e. The summed E-state index contributed by atoms with van der Waals surface area (Å²) in [5, 5.41) is 7.36. The number of ether oxygens (including phenoxy) is 2. The van der Waals surface area contributed by atoms with E-state index in [0.29, 0.717) is 6.54 Å². The molecule has 6 nitrogen and oxygen atoms in total. The number of hydrogen-bond donors (Lipinski definition) is 3. The highest BCUT2D eigenvalue weighted by atomic mass is 35.5. The molecule has 7 heteroatoms. The van der Waals surface area contributed by atoms with Gasteiger partial charge in [-0.2, -0.15) is 0 Å². The van der Waals surface area contributed by atoms with Crippen LogP contribution in [0.4, 0.5) is 0 Å². The number of benzene rings is 1. The van der Waals surface area contributed by atoms with Gasteiger partial charge >= 0.3 is 0 Å². The molecule has 1 aromatic heterocycles. The molecule has 1 fully saturated rings. The van der Waals surface area contributed by atoms with Gasteiger partial charge in [0.2, 0.25) is 5.91 Å². The fourth-order valence-corrected chi connectivity index (χ4v) is 3.35. The average Bonchev–Trinajstić information content (AvgIpc) is 3.07. The monoisotopic (exact) mass is 381 g/mol. The van der Waals surface area contributed by atoms with E-state index in [-0.39, 0.29) is 24.4 Å². The van der Waals surface area contributed by atoms with Gasteiger partial charge in [0, 0.05) is 29.8 Å². The lowest BCUT2D eigenvalue weighted by Crippen LogP contribution is -2.46. The van der Waals surface area contributed by atoms with Gasteiger partial charge in [-0.3, -0.25) is 4.79 Å². The van der Waals surface area contributed by atoms with Crippen LogP contribution in [0, 0.1) is 0 Å². The first kappa shape index (κ1) is 20.4. The Morgan fingerprint density at radius 1 is 1.23 bits per heavy atom. The van der Waals surface area contributed by atoms with E-state index in [1.165, 1.54) is 6.42 Å². The third kappa shape index (κ3) is 4.83. The maximum atomic E-state index is 12.1. The van der Waals surface area contributed by atoms with Gasteiger partial charge in [0.05, 0.1) is 25.8 Å². The molecule has 1 aliphatic heterocycles. The number of carbonyl (C=O) groups is 1. The van der Waals surface area contributed by atoms with Crippen molar-refractivity contribution in [2.24, 2.45) is 0 Å². The molecule has 1 aromatic carbocycles. The molecule has 3 rings (SSSR count). The molecule has 3 N–H and O–H groups in total. The molecule has 0 saturated carbocycles. The van der Waals surface area contributed by atoms with E-state index in [0.717, 1.165) is 60.3 Å². The molecule has 1 unspecified atom stereocenters. The Morgan fingerprint density at radius 2 is 2.08 bits per heavy atom. The minimum atomic E-state index is -0.0152. The standard InChI is InChI=1S/C19H27N3O3.ClH/c1-24-14-11-17-15(18(12-14)25-2)10-13(22-17)6-5-9-21-19(23)16-7-3-4-8-20-16;/h10-12,16,20,22H,3-9H2,1-2H3,(H,21,23);1H. The summed E-state index contributed by atoms with van der Waals surface area (Å²) in [6, 6.07) is 5.95. The van der Waals surface area contributed by atoms with E-state index in [1.807, 2.05) is 12.1 Å². The van der Waals surface area contributed by atoms with Crippen molar-refractivity contribution in [2.75, 3.05) is 27.3 Å². The second kappa shape index (κ2) is 9.69. The number of methoxy groups -OCH3 is 2. The Morgan fingerprint density at radius 3 is 2.77 bits per heavy atom. The lowest BCUT2D eigenvalue weighted by Gasteiger charge is -2.22. The predicted molar refractivity (Wildman–Crippen MR) is 106 cm³/mol. The van der Waals surface area contributed by atoms with Crippen molar-refractivity contribution in [1.82, 2.24) is 15.6 Å². The highest BCUT2D eigenvalue weighted by molar-refractivity contribution is 5.88. The van der Waals surface area contributed by atoms with Crippen molar-refractivity contribution < 1.29 is 14.3 Å². The van der Waals surface area contributed by atoms with Crippen LogP contribution in [0.15, 0.2) is 18.2 Å². The van der Waals surface area contributed by atoms with E-state index in [4.69, 9.17) is 9.47 Å². The van der Waals surface area contributed by atoms with E-state index in [2.05, 4.69) is 21.7 Å². The number of fused-ring (bicyclic) bond motifs is 1. The summed E-state index contributed by atoms with van der Waals surface area (Å²) in [6.07, 6.45) is 5.00. The zero-order chi connectivity index (χ0) is 17.6. The van der Waals surface area contributed by atoms with Crippen molar-refractivity contribution in [3.05, 3.63) is 23.9 Å². The number of aromatic nitrogens is 1. The van der Waals surface area contributed by atoms with E-state index in [9.17, 15) is 4.79 Å². The summed E-state index contributed by atoms with van der Waals surface area (Å²) in [5.74, 6) is 1.70. The molecule has 1 atom stereocenters. The van der Waals surface area contributed by atoms with Crippen LogP contribution in [-0.4, -0.2) is 44.2 Å². The van der Waals surface area contributed by atoms with Crippen molar-refractivity contribution >= 4 is 29.2 Å². The smallest absolute Gasteiger partial charge is 0.237 e. The van der Waals surface area contributed by atoms with Gasteiger partial charge in [-0.05, 0) is 38.3 Å². The average molecular weight is 382 g/mol. The van der Waals surface area contributed by atoms with Crippen molar-refractivity contribution in [3.63, 3.8) is 0 Å².